The van der Waals surface area contributed by atoms with Gasteiger partial charge in [0.05, 0.1) is 4.92 Å². The van der Waals surface area contributed by atoms with E-state index in [1.54, 1.807) is 29.9 Å². The van der Waals surface area contributed by atoms with Gasteiger partial charge in [-0.05, 0) is 6.08 Å². The maximum atomic E-state index is 12.5. The number of non-ortho nitro benzene ring substituents is 1. The number of benzene rings is 2. The van der Waals surface area contributed by atoms with Gasteiger partial charge in [-0.15, -0.1) is 0 Å². The quantitative estimate of drug-likeness (QED) is 0.416. The number of fused-ring (bicyclic) bond motifs is 2. The van der Waals surface area contributed by atoms with E-state index < -0.39 is 10.7 Å². The molecule has 0 atom stereocenters. The van der Waals surface area contributed by atoms with E-state index in [0.717, 1.165) is 6.07 Å². The molecule has 0 unspecified atom stereocenters. The molecule has 8 nitrogen and oxygen atoms in total. The molecule has 26 heavy (non-hydrogen) atoms. The van der Waals surface area contributed by atoms with Crippen LogP contribution >= 0.6 is 0 Å². The molecule has 0 radical (unpaired) electrons. The van der Waals surface area contributed by atoms with E-state index in [1.165, 1.54) is 18.2 Å². The van der Waals surface area contributed by atoms with Gasteiger partial charge in [-0.1, -0.05) is 12.1 Å². The highest BCUT2D eigenvalue weighted by molar-refractivity contribution is 6.17. The SMILES string of the molecule is Cn1cc(C=C2Oc3cc(O)cc(O)c3C2=O)c2cccc([N+](=O)[O-])c21. The second kappa shape index (κ2) is 5.35. The number of phenols is 2. The Bertz CT molecular complexity index is 1140. The second-order valence-electron chi connectivity index (χ2n) is 5.90. The van der Waals surface area contributed by atoms with E-state index >= 15 is 0 Å². The summed E-state index contributed by atoms with van der Waals surface area (Å²) in [5, 5.41) is 31.2. The number of aryl methyl sites for hydroxylation is 1. The van der Waals surface area contributed by atoms with E-state index in [1.807, 2.05) is 0 Å². The van der Waals surface area contributed by atoms with E-state index in [0.29, 0.717) is 16.5 Å². The minimum atomic E-state index is -0.528. The molecule has 8 heteroatoms. The molecule has 0 saturated carbocycles. The Kier molecular flexibility index (Phi) is 3.23. The molecule has 0 saturated heterocycles. The first-order valence-corrected chi connectivity index (χ1v) is 7.59. The summed E-state index contributed by atoms with van der Waals surface area (Å²) in [6.07, 6.45) is 3.12. The maximum Gasteiger partial charge on any atom is 0.293 e. The molecule has 0 bridgehead atoms. The van der Waals surface area contributed by atoms with E-state index in [2.05, 4.69) is 0 Å². The zero-order valence-corrected chi connectivity index (χ0v) is 13.5. The molecule has 1 aromatic heterocycles. The zero-order valence-electron chi connectivity index (χ0n) is 13.5. The average molecular weight is 352 g/mol. The Morgan fingerprint density at radius 3 is 2.77 bits per heavy atom. The number of nitrogens with zero attached hydrogens (tertiary/aromatic N) is 2. The van der Waals surface area contributed by atoms with Crippen molar-refractivity contribution in [3.63, 3.8) is 0 Å². The number of rotatable bonds is 2. The lowest BCUT2D eigenvalue weighted by Gasteiger charge is -2.00. The first kappa shape index (κ1) is 15.7. The van der Waals surface area contributed by atoms with Gasteiger partial charge in [0.15, 0.2) is 5.76 Å². The van der Waals surface area contributed by atoms with Crippen molar-refractivity contribution in [2.24, 2.45) is 7.05 Å². The number of nitro groups is 1. The minimum absolute atomic E-state index is 0.0275. The standard InChI is InChI=1S/C18H12N2O6/c1-19-8-9(11-3-2-4-12(17(11)19)20(24)25)5-15-18(23)16-13(22)6-10(21)7-14(16)26-15/h2-8,21-22H,1H3. The van der Waals surface area contributed by atoms with Crippen molar-refractivity contribution in [3.8, 4) is 17.2 Å². The first-order chi connectivity index (χ1) is 12.4. The largest absolute Gasteiger partial charge is 0.508 e. The third kappa shape index (κ3) is 2.20. The van der Waals surface area contributed by atoms with Crippen LogP contribution in [0.4, 0.5) is 5.69 Å². The Morgan fingerprint density at radius 2 is 2.04 bits per heavy atom. The van der Waals surface area contributed by atoms with E-state index in [4.69, 9.17) is 4.74 Å². The highest BCUT2D eigenvalue weighted by Crippen LogP contribution is 2.41. The van der Waals surface area contributed by atoms with Gasteiger partial charge in [-0.25, -0.2) is 0 Å². The lowest BCUT2D eigenvalue weighted by molar-refractivity contribution is -0.383. The summed E-state index contributed by atoms with van der Waals surface area (Å²) in [6, 6.07) is 6.99. The number of ketones is 1. The Morgan fingerprint density at radius 1 is 1.27 bits per heavy atom. The molecule has 2 N–H and O–H groups in total. The minimum Gasteiger partial charge on any atom is -0.508 e. The van der Waals surface area contributed by atoms with Gasteiger partial charge in [-0.2, -0.15) is 0 Å². The summed E-state index contributed by atoms with van der Waals surface area (Å²) in [7, 11) is 1.67. The lowest BCUT2D eigenvalue weighted by Crippen LogP contribution is -1.98. The molecule has 2 heterocycles. The van der Waals surface area contributed by atoms with Crippen molar-refractivity contribution in [1.82, 2.24) is 4.57 Å². The molecule has 3 aromatic rings. The highest BCUT2D eigenvalue weighted by Gasteiger charge is 2.31. The van der Waals surface area contributed by atoms with Crippen molar-refractivity contribution in [2.45, 2.75) is 0 Å². The molecule has 2 aromatic carbocycles. The molecule has 0 spiro atoms. The molecule has 0 amide bonds. The second-order valence-corrected chi connectivity index (χ2v) is 5.90. The van der Waals surface area contributed by atoms with Gasteiger partial charge in [0.2, 0.25) is 5.78 Å². The maximum absolute atomic E-state index is 12.5. The number of phenolic OH excluding ortho intramolecular Hbond substituents is 2. The smallest absolute Gasteiger partial charge is 0.293 e. The van der Waals surface area contributed by atoms with Crippen LogP contribution in [0.15, 0.2) is 42.3 Å². The molecule has 0 aliphatic carbocycles. The molecule has 1 aliphatic rings. The number of hydrogen-bond donors (Lipinski definition) is 2. The molecular formula is C18H12N2O6. The zero-order chi connectivity index (χ0) is 18.6. The van der Waals surface area contributed by atoms with Crippen molar-refractivity contribution < 1.29 is 24.7 Å². The van der Waals surface area contributed by atoms with E-state index in [9.17, 15) is 25.1 Å². The number of Topliss-reactive ketones (excluding diaryl/α,β-unsaturated/α-hetero) is 1. The highest BCUT2D eigenvalue weighted by atomic mass is 16.6. The third-order valence-electron chi connectivity index (χ3n) is 4.23. The van der Waals surface area contributed by atoms with Crippen LogP contribution in [-0.4, -0.2) is 25.5 Å². The summed E-state index contributed by atoms with van der Waals surface area (Å²) in [4.78, 5) is 23.3. The monoisotopic (exact) mass is 352 g/mol. The summed E-state index contributed by atoms with van der Waals surface area (Å²) >= 11 is 0. The van der Waals surface area contributed by atoms with Crippen molar-refractivity contribution in [2.75, 3.05) is 0 Å². The third-order valence-corrected chi connectivity index (χ3v) is 4.23. The normalized spacial score (nSPS) is 14.7. The van der Waals surface area contributed by atoms with Crippen molar-refractivity contribution in [1.29, 1.82) is 0 Å². The molecule has 1 aliphatic heterocycles. The summed E-state index contributed by atoms with van der Waals surface area (Å²) in [5.41, 5.74) is 0.915. The Labute approximate surface area is 146 Å². The topological polar surface area (TPSA) is 115 Å². The number of nitro benzene ring substituents is 1. The molecule has 4 rings (SSSR count). The van der Waals surface area contributed by atoms with Crippen LogP contribution < -0.4 is 4.74 Å². The number of ether oxygens (including phenoxy) is 1. The Hall–Kier alpha value is -3.81. The lowest BCUT2D eigenvalue weighted by atomic mass is 10.1. The number of hydrogen-bond acceptors (Lipinski definition) is 6. The predicted octanol–water partition coefficient (Wildman–Crippen LogP) is 3.11. The van der Waals surface area contributed by atoms with Crippen LogP contribution in [0.1, 0.15) is 15.9 Å². The number of para-hydroxylation sites is 1. The van der Waals surface area contributed by atoms with Gasteiger partial charge in [0, 0.05) is 42.4 Å². The summed E-state index contributed by atoms with van der Waals surface area (Å²) in [5.74, 6) is -1.11. The number of carbonyl (C=O) groups excluding carboxylic acids is 1. The fourth-order valence-electron chi connectivity index (χ4n) is 3.16. The molecular weight excluding hydrogens is 340 g/mol. The fourth-order valence-corrected chi connectivity index (χ4v) is 3.16. The molecule has 0 fully saturated rings. The van der Waals surface area contributed by atoms with Crippen molar-refractivity contribution >= 4 is 28.4 Å². The fraction of sp³-hybridized carbons (Fsp3) is 0.0556. The summed E-state index contributed by atoms with van der Waals surface area (Å²) in [6.45, 7) is 0. The number of allylic oxidation sites excluding steroid dienone is 1. The van der Waals surface area contributed by atoms with E-state index in [-0.39, 0.29) is 34.3 Å². The van der Waals surface area contributed by atoms with Gasteiger partial charge >= 0.3 is 0 Å². The first-order valence-electron chi connectivity index (χ1n) is 7.59. The van der Waals surface area contributed by atoms with Crippen LogP contribution in [0, 0.1) is 10.1 Å². The average Bonchev–Trinajstić information content (AvgIpc) is 3.05. The number of aromatic hydroxyl groups is 2. The molecule has 130 valence electrons. The van der Waals surface area contributed by atoms with Crippen LogP contribution in [0.25, 0.3) is 17.0 Å². The van der Waals surface area contributed by atoms with Gasteiger partial charge in [0.1, 0.15) is 28.3 Å². The van der Waals surface area contributed by atoms with Crippen LogP contribution in [0.2, 0.25) is 0 Å². The Balaban J connectivity index is 1.86. The summed E-state index contributed by atoms with van der Waals surface area (Å²) < 4.78 is 7.08. The number of aromatic nitrogens is 1. The van der Waals surface area contributed by atoms with Gasteiger partial charge < -0.3 is 19.5 Å². The van der Waals surface area contributed by atoms with Gasteiger partial charge in [0.25, 0.3) is 5.69 Å². The van der Waals surface area contributed by atoms with Gasteiger partial charge in [-0.3, -0.25) is 14.9 Å². The van der Waals surface area contributed by atoms with Crippen LogP contribution in [-0.2, 0) is 7.05 Å². The van der Waals surface area contributed by atoms with Crippen LogP contribution in [0.5, 0.6) is 17.2 Å². The predicted molar refractivity (Wildman–Crippen MR) is 92.3 cm³/mol. The van der Waals surface area contributed by atoms with Crippen LogP contribution in [0.3, 0.4) is 0 Å². The number of carbonyl (C=O) groups is 1. The van der Waals surface area contributed by atoms with Crippen molar-refractivity contribution in [3.05, 3.63) is 63.5 Å².